The number of amides is 2. The summed E-state index contributed by atoms with van der Waals surface area (Å²) >= 11 is 1.64. The van der Waals surface area contributed by atoms with Crippen molar-refractivity contribution in [2.24, 2.45) is 0 Å². The van der Waals surface area contributed by atoms with E-state index in [9.17, 15) is 4.79 Å². The fourth-order valence-corrected chi connectivity index (χ4v) is 2.01. The molecule has 0 saturated heterocycles. The van der Waals surface area contributed by atoms with Crippen LogP contribution in [0.25, 0.3) is 0 Å². The number of methoxy groups -OCH3 is 1. The molecule has 0 saturated carbocycles. The van der Waals surface area contributed by atoms with Gasteiger partial charge in [-0.15, -0.1) is 11.3 Å². The van der Waals surface area contributed by atoms with Gasteiger partial charge in [-0.2, -0.15) is 0 Å². The second kappa shape index (κ2) is 7.24. The smallest absolute Gasteiger partial charge is 0.315 e. The Labute approximate surface area is 100 Å². The first-order valence-electron chi connectivity index (χ1n) is 5.30. The molecule has 0 spiro atoms. The Morgan fingerprint density at radius 2 is 2.44 bits per heavy atom. The number of nitrogens with one attached hydrogen (secondary N) is 2. The molecule has 1 heterocycles. The molecule has 1 aromatic heterocycles. The van der Waals surface area contributed by atoms with Gasteiger partial charge in [0, 0.05) is 25.1 Å². The molecule has 2 N–H and O–H groups in total. The lowest BCUT2D eigenvalue weighted by Gasteiger charge is -2.12. The summed E-state index contributed by atoms with van der Waals surface area (Å²) in [6.45, 7) is 3.28. The molecule has 1 rings (SSSR count). The Balaban J connectivity index is 2.19. The quantitative estimate of drug-likeness (QED) is 0.751. The van der Waals surface area contributed by atoms with Crippen molar-refractivity contribution in [3.05, 3.63) is 22.4 Å². The van der Waals surface area contributed by atoms with Crippen molar-refractivity contribution in [1.29, 1.82) is 0 Å². The molecular weight excluding hydrogens is 224 g/mol. The highest BCUT2D eigenvalue weighted by atomic mass is 32.1. The van der Waals surface area contributed by atoms with Crippen LogP contribution in [0.15, 0.2) is 17.5 Å². The predicted molar refractivity (Wildman–Crippen MR) is 65.8 cm³/mol. The fraction of sp³-hybridized carbons (Fsp3) is 0.545. The van der Waals surface area contributed by atoms with E-state index in [1.807, 2.05) is 24.4 Å². The van der Waals surface area contributed by atoms with E-state index < -0.39 is 0 Å². The Bertz CT molecular complexity index is 301. The molecule has 0 bridgehead atoms. The topological polar surface area (TPSA) is 50.4 Å². The Hall–Kier alpha value is -1.07. The van der Waals surface area contributed by atoms with Crippen molar-refractivity contribution in [2.45, 2.75) is 19.4 Å². The number of rotatable bonds is 6. The van der Waals surface area contributed by atoms with Crippen LogP contribution in [0.4, 0.5) is 4.79 Å². The highest BCUT2D eigenvalue weighted by Crippen LogP contribution is 2.17. The van der Waals surface area contributed by atoms with Gasteiger partial charge in [-0.05, 0) is 24.8 Å². The zero-order valence-corrected chi connectivity index (χ0v) is 10.5. The van der Waals surface area contributed by atoms with Crippen molar-refractivity contribution in [1.82, 2.24) is 10.6 Å². The summed E-state index contributed by atoms with van der Waals surface area (Å²) in [5.41, 5.74) is 0. The highest BCUT2D eigenvalue weighted by Gasteiger charge is 2.08. The summed E-state index contributed by atoms with van der Waals surface area (Å²) < 4.78 is 4.89. The van der Waals surface area contributed by atoms with E-state index in [1.165, 1.54) is 0 Å². The second-order valence-corrected chi connectivity index (χ2v) is 4.46. The minimum Gasteiger partial charge on any atom is -0.385 e. The molecule has 1 aromatic rings. The van der Waals surface area contributed by atoms with Gasteiger partial charge in [-0.3, -0.25) is 0 Å². The van der Waals surface area contributed by atoms with E-state index in [0.29, 0.717) is 13.2 Å². The SMILES string of the molecule is COCCCNC(=O)NC(C)c1cccs1. The molecule has 0 aliphatic carbocycles. The zero-order chi connectivity index (χ0) is 11.8. The lowest BCUT2D eigenvalue weighted by molar-refractivity contribution is 0.193. The second-order valence-electron chi connectivity index (χ2n) is 3.48. The van der Waals surface area contributed by atoms with Gasteiger partial charge in [0.1, 0.15) is 0 Å². The van der Waals surface area contributed by atoms with E-state index >= 15 is 0 Å². The summed E-state index contributed by atoms with van der Waals surface area (Å²) in [6.07, 6.45) is 0.831. The number of urea groups is 1. The maximum absolute atomic E-state index is 11.5. The van der Waals surface area contributed by atoms with Crippen molar-refractivity contribution in [3.8, 4) is 0 Å². The average Bonchev–Trinajstić information content (AvgIpc) is 2.77. The molecule has 0 radical (unpaired) electrons. The first-order chi connectivity index (χ1) is 7.74. The maximum atomic E-state index is 11.5. The van der Waals surface area contributed by atoms with E-state index in [0.717, 1.165) is 11.3 Å². The van der Waals surface area contributed by atoms with Crippen LogP contribution in [0.5, 0.6) is 0 Å². The Morgan fingerprint density at radius 3 is 3.06 bits per heavy atom. The summed E-state index contributed by atoms with van der Waals surface area (Å²) in [4.78, 5) is 12.6. The molecule has 1 atom stereocenters. The monoisotopic (exact) mass is 242 g/mol. The van der Waals surface area contributed by atoms with Gasteiger partial charge in [0.25, 0.3) is 0 Å². The normalized spacial score (nSPS) is 12.1. The van der Waals surface area contributed by atoms with Crippen molar-refractivity contribution >= 4 is 17.4 Å². The first kappa shape index (κ1) is 13.0. The molecule has 2 amide bonds. The molecule has 0 aliphatic heterocycles. The zero-order valence-electron chi connectivity index (χ0n) is 9.66. The fourth-order valence-electron chi connectivity index (χ4n) is 1.27. The highest BCUT2D eigenvalue weighted by molar-refractivity contribution is 7.10. The summed E-state index contributed by atoms with van der Waals surface area (Å²) in [5, 5.41) is 7.67. The van der Waals surface area contributed by atoms with Crippen LogP contribution in [-0.2, 0) is 4.74 Å². The minimum absolute atomic E-state index is 0.0578. The van der Waals surface area contributed by atoms with Gasteiger partial charge >= 0.3 is 6.03 Å². The third kappa shape index (κ3) is 4.63. The molecule has 90 valence electrons. The van der Waals surface area contributed by atoms with Crippen LogP contribution in [0.1, 0.15) is 24.3 Å². The largest absolute Gasteiger partial charge is 0.385 e. The van der Waals surface area contributed by atoms with Crippen LogP contribution >= 0.6 is 11.3 Å². The van der Waals surface area contributed by atoms with Crippen LogP contribution in [0.3, 0.4) is 0 Å². The van der Waals surface area contributed by atoms with Crippen LogP contribution < -0.4 is 10.6 Å². The molecule has 5 heteroatoms. The molecule has 4 nitrogen and oxygen atoms in total. The number of hydrogen-bond acceptors (Lipinski definition) is 3. The van der Waals surface area contributed by atoms with Gasteiger partial charge in [0.05, 0.1) is 6.04 Å². The number of carbonyl (C=O) groups is 1. The summed E-state index contributed by atoms with van der Waals surface area (Å²) in [7, 11) is 1.65. The van der Waals surface area contributed by atoms with Crippen LogP contribution in [0, 0.1) is 0 Å². The number of hydrogen-bond donors (Lipinski definition) is 2. The lowest BCUT2D eigenvalue weighted by atomic mass is 10.3. The third-order valence-corrected chi connectivity index (χ3v) is 3.18. The number of thiophene rings is 1. The van der Waals surface area contributed by atoms with Gasteiger partial charge in [0.15, 0.2) is 0 Å². The molecule has 0 aromatic carbocycles. The Kier molecular flexibility index (Phi) is 5.88. The van der Waals surface area contributed by atoms with E-state index in [2.05, 4.69) is 10.6 Å². The van der Waals surface area contributed by atoms with Crippen LogP contribution in [-0.4, -0.2) is 26.3 Å². The maximum Gasteiger partial charge on any atom is 0.315 e. The molecular formula is C11H18N2O2S. The van der Waals surface area contributed by atoms with Gasteiger partial charge in [0.2, 0.25) is 0 Å². The van der Waals surface area contributed by atoms with Gasteiger partial charge in [-0.25, -0.2) is 4.79 Å². The molecule has 16 heavy (non-hydrogen) atoms. The summed E-state index contributed by atoms with van der Waals surface area (Å²) in [5.74, 6) is 0. The van der Waals surface area contributed by atoms with Gasteiger partial charge in [-0.1, -0.05) is 6.07 Å². The van der Waals surface area contributed by atoms with Crippen molar-refractivity contribution in [2.75, 3.05) is 20.3 Å². The molecule has 0 fully saturated rings. The van der Waals surface area contributed by atoms with Crippen molar-refractivity contribution < 1.29 is 9.53 Å². The number of ether oxygens (including phenoxy) is 1. The molecule has 1 unspecified atom stereocenters. The third-order valence-electron chi connectivity index (χ3n) is 2.13. The summed E-state index contributed by atoms with van der Waals surface area (Å²) in [6, 6.07) is 3.93. The lowest BCUT2D eigenvalue weighted by Crippen LogP contribution is -2.37. The first-order valence-corrected chi connectivity index (χ1v) is 6.18. The molecule has 0 aliphatic rings. The van der Waals surface area contributed by atoms with E-state index in [4.69, 9.17) is 4.74 Å². The average molecular weight is 242 g/mol. The number of carbonyl (C=O) groups excluding carboxylic acids is 1. The predicted octanol–water partition coefficient (Wildman–Crippen LogP) is 2.14. The Morgan fingerprint density at radius 1 is 1.62 bits per heavy atom. The van der Waals surface area contributed by atoms with Crippen molar-refractivity contribution in [3.63, 3.8) is 0 Å². The minimum atomic E-state index is -0.128. The standard InChI is InChI=1S/C11H18N2O2S/c1-9(10-5-3-8-16-10)13-11(14)12-6-4-7-15-2/h3,5,8-9H,4,6-7H2,1-2H3,(H2,12,13,14). The van der Waals surface area contributed by atoms with E-state index in [1.54, 1.807) is 18.4 Å². The van der Waals surface area contributed by atoms with Crippen LogP contribution in [0.2, 0.25) is 0 Å². The van der Waals surface area contributed by atoms with Gasteiger partial charge < -0.3 is 15.4 Å². The van der Waals surface area contributed by atoms with E-state index in [-0.39, 0.29) is 12.1 Å².